The van der Waals surface area contributed by atoms with Crippen LogP contribution < -0.4 is 15.8 Å². The molecule has 0 bridgehead atoms. The molecule has 2 N–H and O–H groups in total. The lowest BCUT2D eigenvalue weighted by molar-refractivity contribution is -0.118. The molecule has 0 saturated carbocycles. The molecule has 0 saturated heterocycles. The van der Waals surface area contributed by atoms with Crippen LogP contribution in [0.5, 0.6) is 0 Å². The highest BCUT2D eigenvalue weighted by Gasteiger charge is 2.24. The minimum absolute atomic E-state index is 0.0674. The van der Waals surface area contributed by atoms with Crippen molar-refractivity contribution < 1.29 is 14.4 Å². The second-order valence-corrected chi connectivity index (χ2v) is 9.33. The Morgan fingerprint density at radius 2 is 1.56 bits per heavy atom. The van der Waals surface area contributed by atoms with E-state index in [1.165, 1.54) is 0 Å². The van der Waals surface area contributed by atoms with Crippen LogP contribution in [0.25, 0.3) is 0 Å². The highest BCUT2D eigenvalue weighted by atomic mass is 35.5. The number of benzene rings is 3. The lowest BCUT2D eigenvalue weighted by Gasteiger charge is -2.16. The van der Waals surface area contributed by atoms with Gasteiger partial charge < -0.3 is 4.90 Å². The summed E-state index contributed by atoms with van der Waals surface area (Å²) in [6.07, 6.45) is 1.15. The molecule has 1 aliphatic heterocycles. The fraction of sp³-hybridized carbons (Fsp3) is 0.192. The first-order chi connectivity index (χ1) is 16.4. The number of hydrogen-bond acceptors (Lipinski definition) is 4. The fourth-order valence-corrected chi connectivity index (χ4v) is 4.68. The molecule has 0 unspecified atom stereocenters. The van der Waals surface area contributed by atoms with Crippen molar-refractivity contribution in [1.29, 1.82) is 0 Å². The number of hydrogen-bond donors (Lipinski definition) is 2. The number of nitrogens with zero attached hydrogens (tertiary/aromatic N) is 1. The number of amides is 3. The van der Waals surface area contributed by atoms with E-state index in [0.29, 0.717) is 35.5 Å². The predicted molar refractivity (Wildman–Crippen MR) is 135 cm³/mol. The van der Waals surface area contributed by atoms with Crippen LogP contribution in [-0.4, -0.2) is 24.3 Å². The second kappa shape index (κ2) is 10.8. The number of carbonyl (C=O) groups is 3. The number of rotatable bonds is 6. The molecule has 4 rings (SSSR count). The number of fused-ring (bicyclic) bond motifs is 1. The summed E-state index contributed by atoms with van der Waals surface area (Å²) in [5.74, 6) is 0.0243. The van der Waals surface area contributed by atoms with Gasteiger partial charge in [-0.1, -0.05) is 30.7 Å². The van der Waals surface area contributed by atoms with Crippen LogP contribution in [-0.2, 0) is 17.0 Å². The van der Waals surface area contributed by atoms with Crippen molar-refractivity contribution in [2.45, 2.75) is 30.4 Å². The molecule has 174 valence electrons. The van der Waals surface area contributed by atoms with Crippen LogP contribution >= 0.6 is 23.4 Å². The van der Waals surface area contributed by atoms with E-state index in [-0.39, 0.29) is 5.91 Å². The van der Waals surface area contributed by atoms with Gasteiger partial charge in [0.2, 0.25) is 5.91 Å². The first-order valence-electron chi connectivity index (χ1n) is 11.0. The van der Waals surface area contributed by atoms with E-state index in [2.05, 4.69) is 10.9 Å². The van der Waals surface area contributed by atoms with Gasteiger partial charge in [-0.25, -0.2) is 0 Å². The van der Waals surface area contributed by atoms with Crippen LogP contribution in [0.3, 0.4) is 0 Å². The maximum atomic E-state index is 12.5. The van der Waals surface area contributed by atoms with Crippen molar-refractivity contribution in [3.05, 3.63) is 94.0 Å². The van der Waals surface area contributed by atoms with Crippen molar-refractivity contribution in [3.8, 4) is 0 Å². The van der Waals surface area contributed by atoms with E-state index in [4.69, 9.17) is 11.6 Å². The van der Waals surface area contributed by atoms with Crippen LogP contribution in [0.15, 0.2) is 71.6 Å². The highest BCUT2D eigenvalue weighted by molar-refractivity contribution is 7.98. The SMILES string of the molecule is CCC(=O)N1CCc2cc(C(=O)NNC(=O)c3ccc(CSc4ccc(Cl)cc4)cc3)ccc21. The number of halogens is 1. The molecule has 0 atom stereocenters. The summed E-state index contributed by atoms with van der Waals surface area (Å²) in [4.78, 5) is 39.9. The van der Waals surface area contributed by atoms with Crippen LogP contribution in [0, 0.1) is 0 Å². The van der Waals surface area contributed by atoms with Crippen molar-refractivity contribution in [3.63, 3.8) is 0 Å². The summed E-state index contributed by atoms with van der Waals surface area (Å²) in [6, 6.07) is 20.1. The van der Waals surface area contributed by atoms with Crippen molar-refractivity contribution in [1.82, 2.24) is 10.9 Å². The maximum Gasteiger partial charge on any atom is 0.269 e. The lowest BCUT2D eigenvalue weighted by atomic mass is 10.1. The van der Waals surface area contributed by atoms with Gasteiger partial charge in [0.25, 0.3) is 11.8 Å². The number of thioether (sulfide) groups is 1. The summed E-state index contributed by atoms with van der Waals surface area (Å²) in [5, 5.41) is 0.707. The zero-order valence-electron chi connectivity index (χ0n) is 18.6. The number of anilines is 1. The van der Waals surface area contributed by atoms with Gasteiger partial charge >= 0.3 is 0 Å². The Bertz CT molecular complexity index is 1210. The van der Waals surface area contributed by atoms with E-state index >= 15 is 0 Å². The van der Waals surface area contributed by atoms with Crippen LogP contribution in [0.4, 0.5) is 5.69 Å². The topological polar surface area (TPSA) is 78.5 Å². The number of carbonyl (C=O) groups excluding carboxylic acids is 3. The molecule has 0 spiro atoms. The Morgan fingerprint density at radius 1 is 0.912 bits per heavy atom. The third kappa shape index (κ3) is 5.61. The monoisotopic (exact) mass is 493 g/mol. The van der Waals surface area contributed by atoms with Gasteiger partial charge in [-0.3, -0.25) is 25.2 Å². The minimum atomic E-state index is -0.410. The average molecular weight is 494 g/mol. The van der Waals surface area contributed by atoms with Gasteiger partial charge in [-0.05, 0) is 72.1 Å². The van der Waals surface area contributed by atoms with Crippen LogP contribution in [0.1, 0.15) is 45.2 Å². The summed E-state index contributed by atoms with van der Waals surface area (Å²) in [6.45, 7) is 2.46. The van der Waals surface area contributed by atoms with E-state index in [0.717, 1.165) is 27.5 Å². The molecule has 6 nitrogen and oxygen atoms in total. The van der Waals surface area contributed by atoms with E-state index in [1.54, 1.807) is 47.0 Å². The fourth-order valence-electron chi connectivity index (χ4n) is 3.70. The highest BCUT2D eigenvalue weighted by Crippen LogP contribution is 2.29. The second-order valence-electron chi connectivity index (χ2n) is 7.84. The number of nitrogens with one attached hydrogen (secondary N) is 2. The van der Waals surface area contributed by atoms with Gasteiger partial charge in [0, 0.05) is 45.5 Å². The van der Waals surface area contributed by atoms with Crippen molar-refractivity contribution in [2.24, 2.45) is 0 Å². The van der Waals surface area contributed by atoms with Crippen molar-refractivity contribution in [2.75, 3.05) is 11.4 Å². The summed E-state index contributed by atoms with van der Waals surface area (Å²) in [7, 11) is 0. The van der Waals surface area contributed by atoms with Crippen LogP contribution in [0.2, 0.25) is 5.02 Å². The van der Waals surface area contributed by atoms with Gasteiger partial charge in [0.15, 0.2) is 0 Å². The number of hydrazine groups is 1. The molecule has 8 heteroatoms. The van der Waals surface area contributed by atoms with E-state index < -0.39 is 11.8 Å². The Kier molecular flexibility index (Phi) is 7.55. The average Bonchev–Trinajstić information content (AvgIpc) is 3.30. The zero-order chi connectivity index (χ0) is 24.1. The summed E-state index contributed by atoms with van der Waals surface area (Å²) < 4.78 is 0. The molecule has 0 aromatic heterocycles. The zero-order valence-corrected chi connectivity index (χ0v) is 20.2. The summed E-state index contributed by atoms with van der Waals surface area (Å²) in [5.41, 5.74) is 8.68. The third-order valence-corrected chi connectivity index (χ3v) is 6.90. The first-order valence-corrected chi connectivity index (χ1v) is 12.3. The quantitative estimate of drug-likeness (QED) is 0.374. The molecule has 3 amide bonds. The normalized spacial score (nSPS) is 12.2. The summed E-state index contributed by atoms with van der Waals surface area (Å²) >= 11 is 7.59. The largest absolute Gasteiger partial charge is 0.312 e. The predicted octanol–water partition coefficient (Wildman–Crippen LogP) is 5.01. The molecular weight excluding hydrogens is 470 g/mol. The Hall–Kier alpha value is -3.29. The third-order valence-electron chi connectivity index (χ3n) is 5.57. The van der Waals surface area contributed by atoms with Gasteiger partial charge in [0.05, 0.1) is 0 Å². The molecule has 0 aliphatic carbocycles. The molecule has 1 aliphatic rings. The minimum Gasteiger partial charge on any atom is -0.312 e. The van der Waals surface area contributed by atoms with Gasteiger partial charge in [-0.2, -0.15) is 0 Å². The Morgan fingerprint density at radius 3 is 2.24 bits per heavy atom. The molecule has 1 heterocycles. The maximum absolute atomic E-state index is 12.5. The smallest absolute Gasteiger partial charge is 0.269 e. The van der Waals surface area contributed by atoms with E-state index in [9.17, 15) is 14.4 Å². The molecule has 3 aromatic rings. The molecule has 0 fully saturated rings. The first kappa shape index (κ1) is 23.9. The molecular formula is C26H24ClN3O3S. The molecule has 34 heavy (non-hydrogen) atoms. The van der Waals surface area contributed by atoms with Crippen molar-refractivity contribution >= 4 is 46.8 Å². The Labute approximate surface area is 207 Å². The van der Waals surface area contributed by atoms with Gasteiger partial charge in [-0.15, -0.1) is 11.8 Å². The molecule has 3 aromatic carbocycles. The molecule has 0 radical (unpaired) electrons. The standard InChI is InChI=1S/C26H24ClN3O3S/c1-2-24(31)30-14-13-19-15-20(7-12-23(19)30)26(33)29-28-25(32)18-5-3-17(4-6-18)16-34-22-10-8-21(27)9-11-22/h3-12,15H,2,13-14,16H2,1H3,(H,28,32)(H,29,33). The Balaban J connectivity index is 1.30. The van der Waals surface area contributed by atoms with E-state index in [1.807, 2.05) is 43.3 Å². The lowest BCUT2D eigenvalue weighted by Crippen LogP contribution is -2.41. The van der Waals surface area contributed by atoms with Gasteiger partial charge in [0.1, 0.15) is 0 Å².